The number of hydrogen-bond donors (Lipinski definition) is 1. The molecule has 0 rings (SSSR count). The molecular formula is C13H27NO7P+. The van der Waals surface area contributed by atoms with Gasteiger partial charge in [-0.15, -0.1) is 0 Å². The minimum atomic E-state index is -4.19. The average Bonchev–Trinajstić information content (AvgIpc) is 2.33. The van der Waals surface area contributed by atoms with E-state index < -0.39 is 19.9 Å². The van der Waals surface area contributed by atoms with Crippen LogP contribution in [-0.2, 0) is 27.9 Å². The fourth-order valence-corrected chi connectivity index (χ4v) is 2.00. The van der Waals surface area contributed by atoms with Gasteiger partial charge < -0.3 is 18.9 Å². The van der Waals surface area contributed by atoms with Crippen molar-refractivity contribution in [2.24, 2.45) is 0 Å². The maximum Gasteiger partial charge on any atom is 0.472 e. The summed E-state index contributed by atoms with van der Waals surface area (Å²) in [4.78, 5) is 20.6. The van der Waals surface area contributed by atoms with Gasteiger partial charge in [0.05, 0.1) is 34.0 Å². The molecule has 0 heterocycles. The van der Waals surface area contributed by atoms with Gasteiger partial charge >= 0.3 is 13.8 Å². The summed E-state index contributed by atoms with van der Waals surface area (Å²) in [5, 5.41) is 0. The number of ether oxygens (including phenoxy) is 2. The number of carbonyl (C=O) groups excluding carboxylic acids is 1. The maximum atomic E-state index is 11.7. The Morgan fingerprint density at radius 2 is 1.91 bits per heavy atom. The molecule has 0 saturated carbocycles. The lowest BCUT2D eigenvalue weighted by molar-refractivity contribution is -0.870. The Morgan fingerprint density at radius 3 is 2.41 bits per heavy atom. The van der Waals surface area contributed by atoms with Crippen molar-refractivity contribution in [2.75, 3.05) is 47.5 Å². The van der Waals surface area contributed by atoms with Gasteiger partial charge in [-0.25, -0.2) is 4.57 Å². The van der Waals surface area contributed by atoms with Crippen LogP contribution in [0.15, 0.2) is 12.3 Å². The molecule has 0 saturated heterocycles. The van der Waals surface area contributed by atoms with Gasteiger partial charge in [0, 0.05) is 6.92 Å². The van der Waals surface area contributed by atoms with E-state index in [1.165, 1.54) is 13.2 Å². The number of phosphoric acid groups is 1. The van der Waals surface area contributed by atoms with E-state index in [9.17, 15) is 14.3 Å². The summed E-state index contributed by atoms with van der Waals surface area (Å²) >= 11 is 0. The molecule has 0 aliphatic heterocycles. The Labute approximate surface area is 131 Å². The first kappa shape index (κ1) is 21.1. The molecule has 0 amide bonds. The van der Waals surface area contributed by atoms with E-state index in [1.54, 1.807) is 13.0 Å². The van der Waals surface area contributed by atoms with Gasteiger partial charge in [0.1, 0.15) is 19.8 Å². The van der Waals surface area contributed by atoms with Crippen LogP contribution in [-0.4, -0.2) is 69.0 Å². The average molecular weight is 340 g/mol. The van der Waals surface area contributed by atoms with Gasteiger partial charge in [-0.1, -0.05) is 6.08 Å². The lowest BCUT2D eigenvalue weighted by atomic mass is 10.4. The Morgan fingerprint density at radius 1 is 1.27 bits per heavy atom. The zero-order valence-electron chi connectivity index (χ0n) is 13.9. The molecule has 8 nitrogen and oxygen atoms in total. The van der Waals surface area contributed by atoms with Crippen molar-refractivity contribution in [2.45, 2.75) is 20.0 Å². The lowest BCUT2D eigenvalue weighted by Gasteiger charge is -2.24. The van der Waals surface area contributed by atoms with Crippen molar-refractivity contribution >= 4 is 13.8 Å². The van der Waals surface area contributed by atoms with Crippen LogP contribution in [0.25, 0.3) is 0 Å². The highest BCUT2D eigenvalue weighted by Crippen LogP contribution is 2.43. The Bertz CT molecular complexity index is 406. The molecule has 0 aromatic rings. The van der Waals surface area contributed by atoms with Gasteiger partial charge in [0.25, 0.3) is 0 Å². The molecule has 2 atom stereocenters. The number of carbonyl (C=O) groups is 1. The monoisotopic (exact) mass is 340 g/mol. The maximum absolute atomic E-state index is 11.7. The first-order valence-corrected chi connectivity index (χ1v) is 8.37. The van der Waals surface area contributed by atoms with Crippen LogP contribution in [0.1, 0.15) is 13.8 Å². The molecule has 0 aromatic carbocycles. The second kappa shape index (κ2) is 9.97. The number of quaternary nitrogens is 1. The Hall–Kier alpha value is -0.920. The van der Waals surface area contributed by atoms with Crippen molar-refractivity contribution in [3.05, 3.63) is 12.3 Å². The summed E-state index contributed by atoms with van der Waals surface area (Å²) < 4.78 is 32.0. The molecule has 0 aliphatic rings. The van der Waals surface area contributed by atoms with Crippen molar-refractivity contribution in [3.8, 4) is 0 Å². The summed E-state index contributed by atoms with van der Waals surface area (Å²) in [7, 11) is 1.61. The molecule has 0 fully saturated rings. The van der Waals surface area contributed by atoms with E-state index in [0.717, 1.165) is 0 Å². The first-order chi connectivity index (χ1) is 10.1. The molecule has 0 aliphatic carbocycles. The van der Waals surface area contributed by atoms with Crippen LogP contribution in [0.4, 0.5) is 0 Å². The van der Waals surface area contributed by atoms with E-state index in [2.05, 4.69) is 0 Å². The number of allylic oxidation sites excluding steroid dienone is 1. The SMILES string of the molecule is C/C=C/OC[C@H](COP(=O)(O)OCC[N+](C)(C)C)OC(C)=O. The van der Waals surface area contributed by atoms with Crippen LogP contribution in [0, 0.1) is 0 Å². The zero-order chi connectivity index (χ0) is 17.2. The van der Waals surface area contributed by atoms with Gasteiger partial charge in [-0.3, -0.25) is 13.8 Å². The number of hydrogen-bond acceptors (Lipinski definition) is 6. The summed E-state index contributed by atoms with van der Waals surface area (Å²) in [6.45, 7) is 3.34. The molecular weight excluding hydrogens is 313 g/mol. The minimum Gasteiger partial charge on any atom is -0.498 e. The smallest absolute Gasteiger partial charge is 0.472 e. The van der Waals surface area contributed by atoms with Crippen LogP contribution >= 0.6 is 7.82 Å². The van der Waals surface area contributed by atoms with Crippen molar-refractivity contribution in [3.63, 3.8) is 0 Å². The topological polar surface area (TPSA) is 91.3 Å². The third-order valence-corrected chi connectivity index (χ3v) is 3.27. The standard InChI is InChI=1S/C13H26NO7P/c1-6-8-18-10-13(21-12(2)15)11-20-22(16,17)19-9-7-14(3,4)5/h6,8,13H,7,9-11H2,1-5H3/p+1/b8-6+/t13-/m1/s1. The molecule has 1 unspecified atom stereocenters. The summed E-state index contributed by atoms with van der Waals surface area (Å²) in [6.07, 6.45) is 2.29. The third kappa shape index (κ3) is 12.8. The largest absolute Gasteiger partial charge is 0.498 e. The molecule has 0 aromatic heterocycles. The second-order valence-electron chi connectivity index (χ2n) is 5.65. The summed E-state index contributed by atoms with van der Waals surface area (Å²) in [5.74, 6) is -0.531. The second-order valence-corrected chi connectivity index (χ2v) is 7.10. The molecule has 130 valence electrons. The zero-order valence-corrected chi connectivity index (χ0v) is 14.7. The Balaban J connectivity index is 4.29. The molecule has 0 bridgehead atoms. The lowest BCUT2D eigenvalue weighted by Crippen LogP contribution is -2.37. The van der Waals surface area contributed by atoms with Gasteiger partial charge in [-0.2, -0.15) is 0 Å². The number of esters is 1. The molecule has 22 heavy (non-hydrogen) atoms. The quantitative estimate of drug-likeness (QED) is 0.262. The molecule has 1 N–H and O–H groups in total. The fraction of sp³-hybridized carbons (Fsp3) is 0.769. The van der Waals surface area contributed by atoms with Crippen LogP contribution in [0.3, 0.4) is 0 Å². The number of nitrogens with zero attached hydrogens (tertiary/aromatic N) is 1. The highest BCUT2D eigenvalue weighted by molar-refractivity contribution is 7.47. The third-order valence-electron chi connectivity index (χ3n) is 2.29. The van der Waals surface area contributed by atoms with Crippen LogP contribution < -0.4 is 0 Å². The normalized spacial score (nSPS) is 16.3. The predicted octanol–water partition coefficient (Wildman–Crippen LogP) is 1.31. The molecule has 0 radical (unpaired) electrons. The summed E-state index contributed by atoms with van der Waals surface area (Å²) in [6, 6.07) is 0. The number of rotatable bonds is 11. The predicted molar refractivity (Wildman–Crippen MR) is 80.9 cm³/mol. The highest BCUT2D eigenvalue weighted by atomic mass is 31.2. The van der Waals surface area contributed by atoms with E-state index in [-0.39, 0.29) is 19.8 Å². The summed E-state index contributed by atoms with van der Waals surface area (Å²) in [5.41, 5.74) is 0. The highest BCUT2D eigenvalue weighted by Gasteiger charge is 2.25. The van der Waals surface area contributed by atoms with Crippen molar-refractivity contribution in [1.82, 2.24) is 0 Å². The van der Waals surface area contributed by atoms with Crippen molar-refractivity contribution < 1.29 is 37.3 Å². The van der Waals surface area contributed by atoms with Crippen LogP contribution in [0.2, 0.25) is 0 Å². The van der Waals surface area contributed by atoms with Crippen LogP contribution in [0.5, 0.6) is 0 Å². The number of likely N-dealkylation sites (N-methyl/N-ethyl adjacent to an activating group) is 1. The van der Waals surface area contributed by atoms with E-state index in [1.807, 2.05) is 21.1 Å². The van der Waals surface area contributed by atoms with E-state index >= 15 is 0 Å². The molecule has 0 spiro atoms. The number of phosphoric ester groups is 1. The minimum absolute atomic E-state index is 0.0167. The van der Waals surface area contributed by atoms with Gasteiger partial charge in [0.15, 0.2) is 6.10 Å². The fourth-order valence-electron chi connectivity index (χ4n) is 1.25. The van der Waals surface area contributed by atoms with Gasteiger partial charge in [-0.05, 0) is 6.92 Å². The molecule has 9 heteroatoms. The van der Waals surface area contributed by atoms with E-state index in [4.69, 9.17) is 18.5 Å². The Kier molecular flexibility index (Phi) is 9.55. The first-order valence-electron chi connectivity index (χ1n) is 6.88. The van der Waals surface area contributed by atoms with Crippen molar-refractivity contribution in [1.29, 1.82) is 0 Å². The van der Waals surface area contributed by atoms with Gasteiger partial charge in [0.2, 0.25) is 0 Å². The van der Waals surface area contributed by atoms with E-state index in [0.29, 0.717) is 11.0 Å².